The molecule has 5 rings (SSSR count). The number of methoxy groups -OCH3 is 1. The Morgan fingerprint density at radius 2 is 1.98 bits per heavy atom. The smallest absolute Gasteiger partial charge is 0.407 e. The first-order valence-electron chi connectivity index (χ1n) is 14.3. The molecule has 3 heterocycles. The Bertz CT molecular complexity index is 1430. The van der Waals surface area contributed by atoms with Gasteiger partial charge in [0.2, 0.25) is 0 Å². The standard InChI is InChI=1S/C30H41N7O4/c1-30(2,3)41-29(39)33-21-8-7-11-36(17-21)28(38)19-12-22-25(24(14-19)40-6)35(5)27(34-22)23-13-20(15-32-4)26(31)37(23)16-18-9-10-18/h12-15,18,21,31-32H,7-11,16-17H2,1-6H3,(H,33,39)/b20-15-,31-26?/t21-/m1/s1. The van der Waals surface area contributed by atoms with Crippen LogP contribution in [-0.4, -0.2) is 82.6 Å². The van der Waals surface area contributed by atoms with Gasteiger partial charge in [-0.1, -0.05) is 0 Å². The molecule has 1 aliphatic carbocycles. The van der Waals surface area contributed by atoms with E-state index in [0.29, 0.717) is 47.5 Å². The zero-order chi connectivity index (χ0) is 29.5. The lowest BCUT2D eigenvalue weighted by Crippen LogP contribution is -2.50. The monoisotopic (exact) mass is 563 g/mol. The second-order valence-electron chi connectivity index (χ2n) is 12.1. The van der Waals surface area contributed by atoms with E-state index in [-0.39, 0.29) is 11.9 Å². The van der Waals surface area contributed by atoms with Gasteiger partial charge in [-0.25, -0.2) is 9.78 Å². The van der Waals surface area contributed by atoms with E-state index in [1.165, 1.54) is 12.8 Å². The van der Waals surface area contributed by atoms with Crippen LogP contribution in [0, 0.1) is 11.3 Å². The minimum Gasteiger partial charge on any atom is -0.494 e. The summed E-state index contributed by atoms with van der Waals surface area (Å²) in [6, 6.07) is 3.39. The van der Waals surface area contributed by atoms with Crippen LogP contribution in [0.25, 0.3) is 16.7 Å². The Balaban J connectivity index is 1.43. The maximum Gasteiger partial charge on any atom is 0.407 e. The minimum atomic E-state index is -0.587. The van der Waals surface area contributed by atoms with Gasteiger partial charge in [0.1, 0.15) is 22.7 Å². The molecule has 41 heavy (non-hydrogen) atoms. The number of hydrogen-bond acceptors (Lipinski definition) is 7. The number of nitrogens with zero attached hydrogens (tertiary/aromatic N) is 4. The van der Waals surface area contributed by atoms with Gasteiger partial charge in [-0.05, 0) is 70.6 Å². The molecule has 220 valence electrons. The van der Waals surface area contributed by atoms with E-state index in [1.807, 2.05) is 62.7 Å². The van der Waals surface area contributed by atoms with Crippen LogP contribution in [0.15, 0.2) is 30.0 Å². The van der Waals surface area contributed by atoms with Crippen LogP contribution in [0.1, 0.15) is 62.6 Å². The Hall–Kier alpha value is -4.02. The number of nitrogens with one attached hydrogen (secondary N) is 3. The van der Waals surface area contributed by atoms with Crippen LogP contribution < -0.4 is 15.4 Å². The van der Waals surface area contributed by atoms with Crippen molar-refractivity contribution in [3.8, 4) is 5.75 Å². The van der Waals surface area contributed by atoms with Crippen molar-refractivity contribution < 1.29 is 19.1 Å². The molecule has 0 unspecified atom stereocenters. The number of carbonyl (C=O) groups is 2. The molecule has 1 atom stereocenters. The summed E-state index contributed by atoms with van der Waals surface area (Å²) in [5.74, 6) is 2.17. The van der Waals surface area contributed by atoms with Gasteiger partial charge in [-0.3, -0.25) is 10.2 Å². The Morgan fingerprint density at radius 1 is 1.22 bits per heavy atom. The summed E-state index contributed by atoms with van der Waals surface area (Å²) in [6.45, 7) is 7.26. The van der Waals surface area contributed by atoms with Crippen molar-refractivity contribution in [3.05, 3.63) is 41.4 Å². The lowest BCUT2D eigenvalue weighted by Gasteiger charge is -2.33. The average molecular weight is 564 g/mol. The van der Waals surface area contributed by atoms with Crippen molar-refractivity contribution in [2.24, 2.45) is 13.0 Å². The number of fused-ring (bicyclic) bond motifs is 1. The van der Waals surface area contributed by atoms with Crippen molar-refractivity contribution in [2.45, 2.75) is 58.1 Å². The number of carbonyl (C=O) groups excluding carboxylic acids is 2. The number of rotatable bonds is 7. The first-order chi connectivity index (χ1) is 19.5. The summed E-state index contributed by atoms with van der Waals surface area (Å²) in [5.41, 5.74) is 3.00. The number of alkyl carbamates (subject to hydrolysis) is 1. The number of aryl methyl sites for hydroxylation is 1. The van der Waals surface area contributed by atoms with Gasteiger partial charge >= 0.3 is 6.09 Å². The van der Waals surface area contributed by atoms with E-state index >= 15 is 0 Å². The Labute approximate surface area is 241 Å². The molecular weight excluding hydrogens is 522 g/mol. The van der Waals surface area contributed by atoms with Crippen LogP contribution in [-0.2, 0) is 11.8 Å². The van der Waals surface area contributed by atoms with Crippen molar-refractivity contribution in [1.82, 2.24) is 30.0 Å². The Kier molecular flexibility index (Phi) is 7.72. The molecule has 1 saturated heterocycles. The summed E-state index contributed by atoms with van der Waals surface area (Å²) < 4.78 is 13.1. The molecule has 0 bridgehead atoms. The van der Waals surface area contributed by atoms with Crippen molar-refractivity contribution in [1.29, 1.82) is 5.41 Å². The van der Waals surface area contributed by atoms with Crippen LogP contribution in [0.3, 0.4) is 0 Å². The topological polar surface area (TPSA) is 125 Å². The van der Waals surface area contributed by atoms with E-state index < -0.39 is 11.7 Å². The van der Waals surface area contributed by atoms with Crippen LogP contribution in [0.5, 0.6) is 5.75 Å². The number of likely N-dealkylation sites (tertiary alicyclic amines) is 1. The van der Waals surface area contributed by atoms with E-state index in [4.69, 9.17) is 19.9 Å². The molecule has 2 fully saturated rings. The maximum atomic E-state index is 13.7. The quantitative estimate of drug-likeness (QED) is 0.467. The SMILES string of the molecule is CN/C=C1/C=C(c2nc3cc(C(=O)N4CCC[C@@H](NC(=O)OC(C)(C)C)C4)cc(OC)c3n2C)N(CC2CC2)C1=N. The summed E-state index contributed by atoms with van der Waals surface area (Å²) in [6.07, 6.45) is 7.26. The molecule has 0 radical (unpaired) electrons. The van der Waals surface area contributed by atoms with Gasteiger partial charge in [-0.15, -0.1) is 0 Å². The van der Waals surface area contributed by atoms with Crippen molar-refractivity contribution >= 4 is 34.6 Å². The molecule has 1 saturated carbocycles. The molecule has 2 aliphatic heterocycles. The number of hydrogen-bond donors (Lipinski definition) is 3. The maximum absolute atomic E-state index is 13.7. The van der Waals surface area contributed by atoms with E-state index in [0.717, 1.165) is 36.2 Å². The van der Waals surface area contributed by atoms with Crippen LogP contribution in [0.4, 0.5) is 4.79 Å². The average Bonchev–Trinajstić information content (AvgIpc) is 3.61. The third-order valence-corrected chi connectivity index (χ3v) is 7.62. The molecule has 0 spiro atoms. The summed E-state index contributed by atoms with van der Waals surface area (Å²) >= 11 is 0. The zero-order valence-electron chi connectivity index (χ0n) is 24.8. The molecule has 3 aliphatic rings. The fraction of sp³-hybridized carbons (Fsp3) is 0.533. The van der Waals surface area contributed by atoms with Crippen molar-refractivity contribution in [2.75, 3.05) is 33.8 Å². The predicted octanol–water partition coefficient (Wildman–Crippen LogP) is 3.86. The summed E-state index contributed by atoms with van der Waals surface area (Å²) in [5, 5.41) is 14.7. The summed E-state index contributed by atoms with van der Waals surface area (Å²) in [7, 11) is 5.36. The highest BCUT2D eigenvalue weighted by atomic mass is 16.6. The van der Waals surface area contributed by atoms with Gasteiger partial charge in [0.25, 0.3) is 5.91 Å². The molecule has 2 aromatic rings. The molecule has 1 aromatic carbocycles. The molecule has 3 N–H and O–H groups in total. The second kappa shape index (κ2) is 11.1. The zero-order valence-corrected chi connectivity index (χ0v) is 24.8. The van der Waals surface area contributed by atoms with Gasteiger partial charge in [-0.2, -0.15) is 0 Å². The molecule has 11 nitrogen and oxygen atoms in total. The number of ether oxygens (including phenoxy) is 2. The second-order valence-corrected chi connectivity index (χ2v) is 12.1. The van der Waals surface area contributed by atoms with E-state index in [9.17, 15) is 9.59 Å². The number of imidazole rings is 1. The number of piperidine rings is 1. The number of amides is 2. The number of benzene rings is 1. The van der Waals surface area contributed by atoms with Crippen molar-refractivity contribution in [3.63, 3.8) is 0 Å². The van der Waals surface area contributed by atoms with Gasteiger partial charge in [0, 0.05) is 57.1 Å². The largest absolute Gasteiger partial charge is 0.494 e. The molecule has 11 heteroatoms. The van der Waals surface area contributed by atoms with Gasteiger partial charge < -0.3 is 34.5 Å². The number of amidine groups is 1. The highest BCUT2D eigenvalue weighted by molar-refractivity contribution is 6.09. The first-order valence-corrected chi connectivity index (χ1v) is 14.3. The van der Waals surface area contributed by atoms with Crippen LogP contribution >= 0.6 is 0 Å². The molecular formula is C30H41N7O4. The van der Waals surface area contributed by atoms with E-state index in [1.54, 1.807) is 18.1 Å². The third kappa shape index (κ3) is 6.03. The van der Waals surface area contributed by atoms with E-state index in [2.05, 4.69) is 10.6 Å². The highest BCUT2D eigenvalue weighted by Crippen LogP contribution is 2.38. The first kappa shape index (κ1) is 28.5. The molecule has 2 amide bonds. The fourth-order valence-electron chi connectivity index (χ4n) is 5.52. The third-order valence-electron chi connectivity index (χ3n) is 7.62. The molecule has 1 aromatic heterocycles. The lowest BCUT2D eigenvalue weighted by molar-refractivity contribution is 0.0452. The fourth-order valence-corrected chi connectivity index (χ4v) is 5.52. The Morgan fingerprint density at radius 3 is 2.63 bits per heavy atom. The van der Waals surface area contributed by atoms with Gasteiger partial charge in [0.05, 0.1) is 18.3 Å². The predicted molar refractivity (Wildman–Crippen MR) is 158 cm³/mol. The van der Waals surface area contributed by atoms with Crippen LogP contribution in [0.2, 0.25) is 0 Å². The van der Waals surface area contributed by atoms with Gasteiger partial charge in [0.15, 0.2) is 5.82 Å². The highest BCUT2D eigenvalue weighted by Gasteiger charge is 2.35. The lowest BCUT2D eigenvalue weighted by atomic mass is 10.0. The minimum absolute atomic E-state index is 0.135. The summed E-state index contributed by atoms with van der Waals surface area (Å²) in [4.78, 5) is 34.8. The normalized spacial score (nSPS) is 20.4. The number of aromatic nitrogens is 2.